The number of piperidine rings is 1. The van der Waals surface area contributed by atoms with Crippen LogP contribution in [0.3, 0.4) is 0 Å². The summed E-state index contributed by atoms with van der Waals surface area (Å²) in [5.41, 5.74) is 0. The van der Waals surface area contributed by atoms with Crippen LogP contribution >= 0.6 is 23.2 Å². The van der Waals surface area contributed by atoms with Gasteiger partial charge in [-0.15, -0.1) is 0 Å². The summed E-state index contributed by atoms with van der Waals surface area (Å²) in [6.45, 7) is 2.94. The number of nitrogens with zero attached hydrogens (tertiary/aromatic N) is 1. The van der Waals surface area contributed by atoms with Crippen LogP contribution in [0, 0.1) is 0 Å². The molecule has 1 aliphatic heterocycles. The third kappa shape index (κ3) is 5.84. The van der Waals surface area contributed by atoms with Gasteiger partial charge in [0.2, 0.25) is 5.91 Å². The first kappa shape index (κ1) is 18.3. The van der Waals surface area contributed by atoms with Crippen LogP contribution in [-0.2, 0) is 9.53 Å². The van der Waals surface area contributed by atoms with Gasteiger partial charge < -0.3 is 19.7 Å². The smallest absolute Gasteiger partial charge is 0.236 e. The zero-order valence-corrected chi connectivity index (χ0v) is 14.7. The normalized spacial score (nSPS) is 18.0. The predicted molar refractivity (Wildman–Crippen MR) is 91.4 cm³/mol. The van der Waals surface area contributed by atoms with Gasteiger partial charge in [-0.05, 0) is 25.0 Å². The Kier molecular flexibility index (Phi) is 7.43. The molecule has 0 aliphatic carbocycles. The quantitative estimate of drug-likeness (QED) is 0.759. The van der Waals surface area contributed by atoms with Crippen LogP contribution in [0.4, 0.5) is 0 Å². The molecule has 0 saturated carbocycles. The Labute approximate surface area is 146 Å². The number of carbonyl (C=O) groups is 1. The molecule has 0 radical (unpaired) electrons. The van der Waals surface area contributed by atoms with Gasteiger partial charge in [0.05, 0.1) is 29.7 Å². The van der Waals surface area contributed by atoms with Crippen molar-refractivity contribution in [2.75, 3.05) is 39.9 Å². The predicted octanol–water partition coefficient (Wildman–Crippen LogP) is 2.60. The highest BCUT2D eigenvalue weighted by Crippen LogP contribution is 2.28. The van der Waals surface area contributed by atoms with Crippen LogP contribution in [0.2, 0.25) is 10.0 Å². The fraction of sp³-hybridized carbons (Fsp3) is 0.562. The van der Waals surface area contributed by atoms with Crippen molar-refractivity contribution in [1.29, 1.82) is 0 Å². The number of methoxy groups -OCH3 is 1. The summed E-state index contributed by atoms with van der Waals surface area (Å²) in [4.78, 5) is 14.0. The number of carbonyl (C=O) groups excluding carboxylic acids is 1. The van der Waals surface area contributed by atoms with E-state index in [1.54, 1.807) is 25.3 Å². The second-order valence-corrected chi connectivity index (χ2v) is 6.28. The van der Waals surface area contributed by atoms with Crippen molar-refractivity contribution in [3.05, 3.63) is 28.2 Å². The highest BCUT2D eigenvalue weighted by Gasteiger charge is 2.24. The van der Waals surface area contributed by atoms with Crippen LogP contribution in [-0.4, -0.2) is 56.8 Å². The maximum absolute atomic E-state index is 12.2. The monoisotopic (exact) mass is 360 g/mol. The number of hydrogen-bond donors (Lipinski definition) is 1. The summed E-state index contributed by atoms with van der Waals surface area (Å²) in [6.07, 6.45) is 1.82. The molecule has 1 aromatic carbocycles. The average molecular weight is 361 g/mol. The number of ether oxygens (including phenoxy) is 2. The summed E-state index contributed by atoms with van der Waals surface area (Å²) < 4.78 is 10.9. The molecule has 1 heterocycles. The maximum Gasteiger partial charge on any atom is 0.236 e. The topological polar surface area (TPSA) is 50.8 Å². The second-order valence-electron chi connectivity index (χ2n) is 5.47. The van der Waals surface area contributed by atoms with Gasteiger partial charge >= 0.3 is 0 Å². The molecule has 1 aliphatic rings. The zero-order valence-electron chi connectivity index (χ0n) is 13.2. The molecule has 0 spiro atoms. The van der Waals surface area contributed by atoms with Gasteiger partial charge in [0, 0.05) is 26.3 Å². The van der Waals surface area contributed by atoms with E-state index < -0.39 is 0 Å². The minimum Gasteiger partial charge on any atom is -0.489 e. The Hall–Kier alpha value is -1.01. The van der Waals surface area contributed by atoms with Gasteiger partial charge in [0.15, 0.2) is 0 Å². The Morgan fingerprint density at radius 3 is 2.96 bits per heavy atom. The highest BCUT2D eigenvalue weighted by atomic mass is 35.5. The Morgan fingerprint density at radius 1 is 1.39 bits per heavy atom. The van der Waals surface area contributed by atoms with Gasteiger partial charge in [-0.2, -0.15) is 0 Å². The van der Waals surface area contributed by atoms with Gasteiger partial charge in [0.1, 0.15) is 11.9 Å². The molecule has 1 saturated heterocycles. The average Bonchev–Trinajstić information content (AvgIpc) is 2.55. The fourth-order valence-electron chi connectivity index (χ4n) is 2.48. The van der Waals surface area contributed by atoms with Crippen molar-refractivity contribution in [3.63, 3.8) is 0 Å². The summed E-state index contributed by atoms with van der Waals surface area (Å²) >= 11 is 11.9. The van der Waals surface area contributed by atoms with E-state index in [4.69, 9.17) is 32.7 Å². The van der Waals surface area contributed by atoms with Crippen molar-refractivity contribution in [2.45, 2.75) is 18.9 Å². The number of benzene rings is 1. The molecular formula is C16H22Cl2N2O3. The lowest BCUT2D eigenvalue weighted by molar-refractivity contribution is -0.132. The molecule has 1 N–H and O–H groups in total. The number of nitrogens with one attached hydrogen (secondary N) is 1. The molecule has 1 atom stereocenters. The molecule has 2 rings (SSSR count). The summed E-state index contributed by atoms with van der Waals surface area (Å²) in [7, 11) is 1.64. The molecule has 1 unspecified atom stereocenters. The molecule has 1 aromatic rings. The Bertz CT molecular complexity index is 528. The molecule has 5 nitrogen and oxygen atoms in total. The van der Waals surface area contributed by atoms with Crippen molar-refractivity contribution < 1.29 is 14.3 Å². The lowest BCUT2D eigenvalue weighted by Crippen LogP contribution is -2.47. The van der Waals surface area contributed by atoms with Gasteiger partial charge in [-0.25, -0.2) is 0 Å². The largest absolute Gasteiger partial charge is 0.489 e. The SMILES string of the molecule is COCCNCC(=O)N1CCCC(Oc2ccc(Cl)c(Cl)c2)C1. The van der Waals surface area contributed by atoms with E-state index in [2.05, 4.69) is 5.32 Å². The van der Waals surface area contributed by atoms with E-state index in [1.807, 2.05) is 4.90 Å². The van der Waals surface area contributed by atoms with E-state index in [9.17, 15) is 4.79 Å². The van der Waals surface area contributed by atoms with E-state index in [0.717, 1.165) is 19.4 Å². The first-order valence-corrected chi connectivity index (χ1v) is 8.45. The fourth-order valence-corrected chi connectivity index (χ4v) is 2.77. The minimum atomic E-state index is -0.0242. The Morgan fingerprint density at radius 2 is 2.22 bits per heavy atom. The number of rotatable bonds is 7. The van der Waals surface area contributed by atoms with Crippen LogP contribution in [0.5, 0.6) is 5.75 Å². The van der Waals surface area contributed by atoms with Crippen molar-refractivity contribution in [1.82, 2.24) is 10.2 Å². The number of hydrogen-bond acceptors (Lipinski definition) is 4. The van der Waals surface area contributed by atoms with E-state index >= 15 is 0 Å². The third-order valence-electron chi connectivity index (χ3n) is 3.68. The molecule has 128 valence electrons. The van der Waals surface area contributed by atoms with Crippen LogP contribution in [0.15, 0.2) is 18.2 Å². The number of halogens is 2. The summed E-state index contributed by atoms with van der Waals surface area (Å²) in [6, 6.07) is 5.21. The Balaban J connectivity index is 1.82. The first-order valence-electron chi connectivity index (χ1n) is 7.69. The van der Waals surface area contributed by atoms with E-state index in [0.29, 0.717) is 42.0 Å². The van der Waals surface area contributed by atoms with Crippen molar-refractivity contribution in [3.8, 4) is 5.75 Å². The van der Waals surface area contributed by atoms with Gasteiger partial charge in [-0.3, -0.25) is 4.79 Å². The van der Waals surface area contributed by atoms with Crippen LogP contribution in [0.25, 0.3) is 0 Å². The molecule has 7 heteroatoms. The van der Waals surface area contributed by atoms with Crippen molar-refractivity contribution >= 4 is 29.1 Å². The maximum atomic E-state index is 12.2. The van der Waals surface area contributed by atoms with Gasteiger partial charge in [-0.1, -0.05) is 23.2 Å². The number of likely N-dealkylation sites (tertiary alicyclic amines) is 1. The highest BCUT2D eigenvalue weighted by molar-refractivity contribution is 6.42. The van der Waals surface area contributed by atoms with E-state index in [-0.39, 0.29) is 12.0 Å². The van der Waals surface area contributed by atoms with Crippen molar-refractivity contribution in [2.24, 2.45) is 0 Å². The molecule has 23 heavy (non-hydrogen) atoms. The first-order chi connectivity index (χ1) is 11.1. The lowest BCUT2D eigenvalue weighted by atomic mass is 10.1. The zero-order chi connectivity index (χ0) is 16.7. The third-order valence-corrected chi connectivity index (χ3v) is 4.42. The van der Waals surface area contributed by atoms with Crippen LogP contribution < -0.4 is 10.1 Å². The van der Waals surface area contributed by atoms with Crippen LogP contribution in [0.1, 0.15) is 12.8 Å². The molecular weight excluding hydrogens is 339 g/mol. The summed E-state index contributed by atoms with van der Waals surface area (Å²) in [5.74, 6) is 0.764. The molecule has 0 bridgehead atoms. The standard InChI is InChI=1S/C16H22Cl2N2O3/c1-22-8-6-19-10-16(21)20-7-2-3-13(11-20)23-12-4-5-14(17)15(18)9-12/h4-5,9,13,19H,2-3,6-8,10-11H2,1H3. The van der Waals surface area contributed by atoms with Gasteiger partial charge in [0.25, 0.3) is 0 Å². The molecule has 1 fully saturated rings. The molecule has 1 amide bonds. The van der Waals surface area contributed by atoms with E-state index in [1.165, 1.54) is 0 Å². The summed E-state index contributed by atoms with van der Waals surface area (Å²) in [5, 5.41) is 4.04. The lowest BCUT2D eigenvalue weighted by Gasteiger charge is -2.33. The second kappa shape index (κ2) is 9.33. The number of amides is 1. The molecule has 0 aromatic heterocycles. The minimum absolute atomic E-state index is 0.0242.